The molecule has 0 amide bonds. The lowest BCUT2D eigenvalue weighted by molar-refractivity contribution is 0.360. The molecule has 0 aliphatic carbocycles. The Labute approximate surface area is 165 Å². The molecule has 1 aromatic rings. The Balaban J connectivity index is 0.00000312. The number of nitrogens with one attached hydrogen (secondary N) is 2. The summed E-state index contributed by atoms with van der Waals surface area (Å²) >= 11 is 7.67. The average molecular weight is 426 g/mol. The third kappa shape index (κ3) is 5.94. The predicted octanol–water partition coefficient (Wildman–Crippen LogP) is 3.84. The van der Waals surface area contributed by atoms with Crippen molar-refractivity contribution in [3.63, 3.8) is 0 Å². The molecule has 142 valence electrons. The van der Waals surface area contributed by atoms with Gasteiger partial charge in [-0.3, -0.25) is 4.99 Å². The summed E-state index contributed by atoms with van der Waals surface area (Å²) in [5, 5.41) is 3.62. The lowest BCUT2D eigenvalue weighted by Gasteiger charge is -2.29. The molecule has 9 heteroatoms. The molecule has 1 aliphatic rings. The van der Waals surface area contributed by atoms with E-state index >= 15 is 0 Å². The van der Waals surface area contributed by atoms with Crippen LogP contribution in [0, 0.1) is 12.3 Å². The van der Waals surface area contributed by atoms with E-state index in [0.717, 1.165) is 17.7 Å². The lowest BCUT2D eigenvalue weighted by Crippen LogP contribution is -2.49. The number of halogens is 2. The van der Waals surface area contributed by atoms with Crippen molar-refractivity contribution in [1.29, 1.82) is 0 Å². The molecule has 0 aromatic heterocycles. The molecule has 2 rings (SSSR count). The Morgan fingerprint density at radius 1 is 1.40 bits per heavy atom. The van der Waals surface area contributed by atoms with E-state index in [-0.39, 0.29) is 22.7 Å². The molecule has 2 N–H and O–H groups in total. The van der Waals surface area contributed by atoms with Crippen LogP contribution in [0.2, 0.25) is 5.02 Å². The monoisotopic (exact) mass is 425 g/mol. The number of hydrogen-bond acceptors (Lipinski definition) is 5. The first kappa shape index (κ1) is 22.4. The first-order chi connectivity index (χ1) is 11.1. The van der Waals surface area contributed by atoms with Gasteiger partial charge in [-0.15, -0.1) is 24.2 Å². The Bertz CT molecular complexity index is 750. The second-order valence-corrected chi connectivity index (χ2v) is 9.88. The number of nitrogens with zero attached hydrogens (tertiary/aromatic N) is 1. The highest BCUT2D eigenvalue weighted by Crippen LogP contribution is 2.32. The number of guanidine groups is 1. The maximum atomic E-state index is 12.8. The van der Waals surface area contributed by atoms with Crippen molar-refractivity contribution in [1.82, 2.24) is 10.0 Å². The van der Waals surface area contributed by atoms with E-state index < -0.39 is 10.0 Å². The zero-order chi connectivity index (χ0) is 18.0. The first-order valence-electron chi connectivity index (χ1n) is 7.89. The van der Waals surface area contributed by atoms with Crippen LogP contribution in [0.15, 0.2) is 26.9 Å². The minimum absolute atomic E-state index is 0. The molecule has 5 nitrogen and oxygen atoms in total. The summed E-state index contributed by atoms with van der Waals surface area (Å²) in [5.41, 5.74) is 0.756. The molecule has 0 fully saturated rings. The number of rotatable bonds is 5. The summed E-state index contributed by atoms with van der Waals surface area (Å²) in [7, 11) is -3.72. The molecule has 1 aromatic carbocycles. The number of benzene rings is 1. The van der Waals surface area contributed by atoms with Crippen LogP contribution >= 0.6 is 35.8 Å². The maximum absolute atomic E-state index is 12.8. The van der Waals surface area contributed by atoms with Gasteiger partial charge in [-0.25, -0.2) is 13.1 Å². The van der Waals surface area contributed by atoms with Gasteiger partial charge in [-0.1, -0.05) is 32.4 Å². The fourth-order valence-electron chi connectivity index (χ4n) is 2.15. The molecule has 0 atom stereocenters. The van der Waals surface area contributed by atoms with Gasteiger partial charge in [-0.05, 0) is 36.8 Å². The minimum Gasteiger partial charge on any atom is -0.355 e. The zero-order valence-corrected chi connectivity index (χ0v) is 18.1. The number of hydrogen-bond donors (Lipinski definition) is 2. The third-order valence-electron chi connectivity index (χ3n) is 3.61. The van der Waals surface area contributed by atoms with Gasteiger partial charge in [0.15, 0.2) is 0 Å². The summed E-state index contributed by atoms with van der Waals surface area (Å²) in [6.07, 6.45) is 0.951. The molecule has 0 spiro atoms. The molecular formula is C16H25Cl2N3O2S2. The maximum Gasteiger partial charge on any atom is 0.265 e. The average Bonchev–Trinajstić information content (AvgIpc) is 2.50. The highest BCUT2D eigenvalue weighted by atomic mass is 35.5. The SMILES string of the molecule is CCCSc1cc(Cl)c(C)cc1S(=O)(=O)NC1=NCC(C)(C)CN1.Cl. The number of aryl methyl sites for hydroxylation is 1. The van der Waals surface area contributed by atoms with Crippen molar-refractivity contribution >= 4 is 51.8 Å². The van der Waals surface area contributed by atoms with Gasteiger partial charge >= 0.3 is 0 Å². The normalized spacial score (nSPS) is 16.4. The molecule has 0 saturated heterocycles. The van der Waals surface area contributed by atoms with E-state index in [1.165, 1.54) is 11.8 Å². The van der Waals surface area contributed by atoms with Crippen LogP contribution in [0.25, 0.3) is 0 Å². The van der Waals surface area contributed by atoms with Crippen molar-refractivity contribution in [2.75, 3.05) is 18.8 Å². The van der Waals surface area contributed by atoms with Gasteiger partial charge in [-0.2, -0.15) is 0 Å². The minimum atomic E-state index is -3.72. The molecule has 0 bridgehead atoms. The van der Waals surface area contributed by atoms with Crippen LogP contribution in [-0.2, 0) is 10.0 Å². The molecule has 0 unspecified atom stereocenters. The highest BCUT2D eigenvalue weighted by Gasteiger charge is 2.26. The van der Waals surface area contributed by atoms with Crippen molar-refractivity contribution in [3.8, 4) is 0 Å². The topological polar surface area (TPSA) is 70.6 Å². The van der Waals surface area contributed by atoms with Gasteiger partial charge in [0.05, 0.1) is 0 Å². The number of thioether (sulfide) groups is 1. The summed E-state index contributed by atoms with van der Waals surface area (Å²) < 4.78 is 28.2. The molecular weight excluding hydrogens is 401 g/mol. The molecule has 0 saturated carbocycles. The van der Waals surface area contributed by atoms with Crippen LogP contribution in [0.4, 0.5) is 0 Å². The molecule has 1 heterocycles. The van der Waals surface area contributed by atoms with E-state index in [1.54, 1.807) is 19.1 Å². The van der Waals surface area contributed by atoms with E-state index in [2.05, 4.69) is 35.8 Å². The van der Waals surface area contributed by atoms with Crippen molar-refractivity contribution < 1.29 is 8.42 Å². The van der Waals surface area contributed by atoms with Gasteiger partial charge in [0.1, 0.15) is 4.90 Å². The van der Waals surface area contributed by atoms with E-state index in [4.69, 9.17) is 11.6 Å². The van der Waals surface area contributed by atoms with E-state index in [0.29, 0.717) is 29.0 Å². The first-order valence-corrected chi connectivity index (χ1v) is 10.7. The summed E-state index contributed by atoms with van der Waals surface area (Å²) in [5.74, 6) is 1.13. The smallest absolute Gasteiger partial charge is 0.265 e. The Morgan fingerprint density at radius 3 is 2.64 bits per heavy atom. The van der Waals surface area contributed by atoms with Gasteiger partial charge in [0, 0.05) is 28.4 Å². The summed E-state index contributed by atoms with van der Waals surface area (Å²) in [4.78, 5) is 5.22. The van der Waals surface area contributed by atoms with Crippen LogP contribution in [-0.4, -0.2) is 33.2 Å². The summed E-state index contributed by atoms with van der Waals surface area (Å²) in [6, 6.07) is 3.35. The fraction of sp³-hybridized carbons (Fsp3) is 0.562. The molecule has 0 radical (unpaired) electrons. The second kappa shape index (κ2) is 8.84. The standard InChI is InChI=1S/C16H24ClN3O2S2.ClH/c1-5-6-23-13-8-12(17)11(2)7-14(13)24(21,22)20-15-18-9-16(3,4)10-19-15;/h7-8H,5-6,9-10H2,1-4H3,(H2,18,19,20);1H. The highest BCUT2D eigenvalue weighted by molar-refractivity contribution is 8.00. The Morgan fingerprint density at radius 2 is 2.08 bits per heavy atom. The quantitative estimate of drug-likeness (QED) is 0.702. The molecule has 1 aliphatic heterocycles. The van der Waals surface area contributed by atoms with Gasteiger partial charge in [0.25, 0.3) is 10.0 Å². The van der Waals surface area contributed by atoms with Crippen LogP contribution in [0.3, 0.4) is 0 Å². The van der Waals surface area contributed by atoms with Crippen LogP contribution in [0.5, 0.6) is 0 Å². The van der Waals surface area contributed by atoms with Crippen molar-refractivity contribution in [3.05, 3.63) is 22.7 Å². The predicted molar refractivity (Wildman–Crippen MR) is 109 cm³/mol. The molecule has 25 heavy (non-hydrogen) atoms. The van der Waals surface area contributed by atoms with Crippen molar-refractivity contribution in [2.24, 2.45) is 10.4 Å². The fourth-order valence-corrected chi connectivity index (χ4v) is 4.87. The van der Waals surface area contributed by atoms with Crippen molar-refractivity contribution in [2.45, 2.75) is 43.9 Å². The lowest BCUT2D eigenvalue weighted by atomic mass is 9.93. The van der Waals surface area contributed by atoms with E-state index in [1.807, 2.05) is 0 Å². The van der Waals surface area contributed by atoms with Crippen LogP contribution < -0.4 is 10.0 Å². The van der Waals surface area contributed by atoms with Gasteiger partial charge < -0.3 is 5.32 Å². The number of sulfonamides is 1. The Hall–Kier alpha value is -0.630. The van der Waals surface area contributed by atoms with Gasteiger partial charge in [0.2, 0.25) is 5.96 Å². The number of aliphatic imine (C=N–C) groups is 1. The Kier molecular flexibility index (Phi) is 7.93. The zero-order valence-electron chi connectivity index (χ0n) is 14.8. The van der Waals surface area contributed by atoms with E-state index in [9.17, 15) is 8.42 Å². The summed E-state index contributed by atoms with van der Waals surface area (Å²) in [6.45, 7) is 9.26. The third-order valence-corrected chi connectivity index (χ3v) is 6.78. The second-order valence-electron chi connectivity index (χ2n) is 6.68. The van der Waals surface area contributed by atoms with Crippen LogP contribution in [0.1, 0.15) is 32.8 Å². The largest absolute Gasteiger partial charge is 0.355 e.